The summed E-state index contributed by atoms with van der Waals surface area (Å²) in [4.78, 5) is 0. The fourth-order valence-corrected chi connectivity index (χ4v) is 4.11. The average molecular weight is 391 g/mol. The molecule has 1 aliphatic carbocycles. The zero-order valence-corrected chi connectivity index (χ0v) is 17.0. The van der Waals surface area contributed by atoms with Gasteiger partial charge in [-0.05, 0) is 72.3 Å². The van der Waals surface area contributed by atoms with Gasteiger partial charge in [0.2, 0.25) is 0 Å². The smallest absolute Gasteiger partial charge is 0.0549 e. The van der Waals surface area contributed by atoms with Gasteiger partial charge in [-0.1, -0.05) is 54.9 Å². The molecular formula is C23H31ClO3. The molecule has 2 aromatic rings. The highest BCUT2D eigenvalue weighted by atomic mass is 35.5. The largest absolute Gasteiger partial charge is 0.400 e. The van der Waals surface area contributed by atoms with Gasteiger partial charge in [-0.15, -0.1) is 0 Å². The quantitative estimate of drug-likeness (QED) is 0.711. The first kappa shape index (κ1) is 21.9. The van der Waals surface area contributed by atoms with Gasteiger partial charge in [0.15, 0.2) is 0 Å². The van der Waals surface area contributed by atoms with Crippen LogP contribution in [0.3, 0.4) is 0 Å². The van der Waals surface area contributed by atoms with Crippen molar-refractivity contribution in [2.75, 3.05) is 13.7 Å². The van der Waals surface area contributed by atoms with Crippen LogP contribution in [0.1, 0.15) is 54.4 Å². The average Bonchev–Trinajstić information content (AvgIpc) is 2.71. The van der Waals surface area contributed by atoms with Crippen LogP contribution in [-0.2, 0) is 12.8 Å². The third kappa shape index (κ3) is 6.05. The van der Waals surface area contributed by atoms with Gasteiger partial charge >= 0.3 is 0 Å². The number of hydrogen-bond donors (Lipinski definition) is 3. The second-order valence-electron chi connectivity index (χ2n) is 7.30. The summed E-state index contributed by atoms with van der Waals surface area (Å²) in [5.41, 5.74) is 4.95. The van der Waals surface area contributed by atoms with E-state index in [9.17, 15) is 10.2 Å². The van der Waals surface area contributed by atoms with Gasteiger partial charge in [-0.2, -0.15) is 0 Å². The Hall–Kier alpha value is -1.39. The minimum atomic E-state index is -0.323. The van der Waals surface area contributed by atoms with Crippen molar-refractivity contribution in [3.05, 3.63) is 69.7 Å². The molecule has 27 heavy (non-hydrogen) atoms. The lowest BCUT2D eigenvalue weighted by Crippen LogP contribution is -2.27. The Kier molecular flexibility index (Phi) is 8.78. The van der Waals surface area contributed by atoms with Crippen LogP contribution < -0.4 is 0 Å². The molecule has 1 saturated carbocycles. The maximum absolute atomic E-state index is 10.1. The van der Waals surface area contributed by atoms with E-state index < -0.39 is 0 Å². The van der Waals surface area contributed by atoms with Crippen LogP contribution in [0.15, 0.2) is 42.5 Å². The van der Waals surface area contributed by atoms with Crippen LogP contribution in [0.2, 0.25) is 5.02 Å². The van der Waals surface area contributed by atoms with Gasteiger partial charge in [0.1, 0.15) is 0 Å². The molecule has 0 amide bonds. The van der Waals surface area contributed by atoms with Crippen molar-refractivity contribution >= 4 is 11.6 Å². The van der Waals surface area contributed by atoms with E-state index in [-0.39, 0.29) is 18.6 Å². The summed E-state index contributed by atoms with van der Waals surface area (Å²) in [5.74, 6) is 0.480. The zero-order chi connectivity index (χ0) is 19.8. The van der Waals surface area contributed by atoms with Crippen molar-refractivity contribution in [3.63, 3.8) is 0 Å². The minimum Gasteiger partial charge on any atom is -0.400 e. The van der Waals surface area contributed by atoms with Gasteiger partial charge < -0.3 is 15.3 Å². The fraction of sp³-hybridized carbons (Fsp3) is 0.478. The van der Waals surface area contributed by atoms with E-state index in [0.29, 0.717) is 12.3 Å². The highest BCUT2D eigenvalue weighted by Crippen LogP contribution is 2.37. The molecule has 0 heterocycles. The Morgan fingerprint density at radius 3 is 2.26 bits per heavy atom. The monoisotopic (exact) mass is 390 g/mol. The first-order valence-corrected chi connectivity index (χ1v) is 10.1. The van der Waals surface area contributed by atoms with Crippen LogP contribution in [0.5, 0.6) is 0 Å². The SMILES string of the molecule is CCc1ccc(Cc2cc(C3CC(O)CC(CO)C3)ccc2Cl)cc1.CO. The molecule has 0 aliphatic heterocycles. The molecule has 0 saturated heterocycles. The topological polar surface area (TPSA) is 60.7 Å². The number of hydrogen-bond acceptors (Lipinski definition) is 3. The molecule has 0 aromatic heterocycles. The van der Waals surface area contributed by atoms with E-state index in [1.807, 2.05) is 6.07 Å². The highest BCUT2D eigenvalue weighted by Gasteiger charge is 2.28. The van der Waals surface area contributed by atoms with Crippen LogP contribution in [0.25, 0.3) is 0 Å². The summed E-state index contributed by atoms with van der Waals surface area (Å²) in [6, 6.07) is 14.9. The molecule has 3 rings (SSSR count). The molecule has 3 N–H and O–H groups in total. The summed E-state index contributed by atoms with van der Waals surface area (Å²) >= 11 is 6.44. The van der Waals surface area contributed by atoms with Crippen LogP contribution in [-0.4, -0.2) is 35.1 Å². The molecule has 0 bridgehead atoms. The number of aliphatic hydroxyl groups excluding tert-OH is 3. The fourth-order valence-electron chi connectivity index (χ4n) is 3.92. The number of aliphatic hydroxyl groups is 3. The maximum Gasteiger partial charge on any atom is 0.0549 e. The standard InChI is InChI=1S/C22H27ClO2.CH4O/c1-2-15-3-5-16(6-4-15)9-20-12-18(7-8-22(20)23)19-10-17(14-24)11-21(25)13-19;1-2/h3-8,12,17,19,21,24-25H,2,9-11,13-14H2,1H3;2H,1H3. The minimum absolute atomic E-state index is 0.151. The summed E-state index contributed by atoms with van der Waals surface area (Å²) in [5, 5.41) is 27.4. The number of aryl methyl sites for hydroxylation is 1. The summed E-state index contributed by atoms with van der Waals surface area (Å²) < 4.78 is 0. The van der Waals surface area contributed by atoms with Gasteiger partial charge in [-0.25, -0.2) is 0 Å². The predicted molar refractivity (Wildman–Crippen MR) is 111 cm³/mol. The Morgan fingerprint density at radius 1 is 0.963 bits per heavy atom. The summed E-state index contributed by atoms with van der Waals surface area (Å²) in [7, 11) is 1.00. The maximum atomic E-state index is 10.1. The molecule has 3 unspecified atom stereocenters. The van der Waals surface area contributed by atoms with Crippen molar-refractivity contribution in [2.45, 2.75) is 51.0 Å². The Labute approximate surface area is 167 Å². The molecule has 3 atom stereocenters. The van der Waals surface area contributed by atoms with Crippen molar-refractivity contribution in [1.29, 1.82) is 0 Å². The first-order chi connectivity index (χ1) is 13.1. The van der Waals surface area contributed by atoms with E-state index in [0.717, 1.165) is 43.4 Å². The van der Waals surface area contributed by atoms with Gasteiger partial charge in [-0.3, -0.25) is 0 Å². The third-order valence-electron chi connectivity index (χ3n) is 5.41. The van der Waals surface area contributed by atoms with Crippen molar-refractivity contribution < 1.29 is 15.3 Å². The Balaban J connectivity index is 0.00000126. The lowest BCUT2D eigenvalue weighted by molar-refractivity contribution is 0.0650. The molecular weight excluding hydrogens is 360 g/mol. The van der Waals surface area contributed by atoms with Gasteiger partial charge in [0.05, 0.1) is 6.10 Å². The second kappa shape index (κ2) is 10.8. The van der Waals surface area contributed by atoms with Gasteiger partial charge in [0.25, 0.3) is 0 Å². The lowest BCUT2D eigenvalue weighted by Gasteiger charge is -2.32. The van der Waals surface area contributed by atoms with E-state index in [1.165, 1.54) is 16.7 Å². The van der Waals surface area contributed by atoms with Crippen LogP contribution in [0, 0.1) is 5.92 Å². The first-order valence-electron chi connectivity index (χ1n) is 9.68. The van der Waals surface area contributed by atoms with Crippen molar-refractivity contribution in [2.24, 2.45) is 5.92 Å². The van der Waals surface area contributed by atoms with E-state index in [2.05, 4.69) is 43.3 Å². The summed E-state index contributed by atoms with van der Waals surface area (Å²) in [6.07, 6.45) is 3.94. The zero-order valence-electron chi connectivity index (χ0n) is 16.2. The molecule has 4 heteroatoms. The van der Waals surface area contributed by atoms with E-state index in [4.69, 9.17) is 16.7 Å². The molecule has 148 valence electrons. The third-order valence-corrected chi connectivity index (χ3v) is 5.77. The molecule has 0 spiro atoms. The van der Waals surface area contributed by atoms with Crippen LogP contribution >= 0.6 is 11.6 Å². The number of rotatable bonds is 5. The highest BCUT2D eigenvalue weighted by molar-refractivity contribution is 6.31. The lowest BCUT2D eigenvalue weighted by atomic mass is 9.76. The van der Waals surface area contributed by atoms with Crippen LogP contribution in [0.4, 0.5) is 0 Å². The molecule has 0 radical (unpaired) electrons. The Bertz CT molecular complexity index is 699. The normalized spacial score (nSPS) is 22.1. The van der Waals surface area contributed by atoms with Crippen molar-refractivity contribution in [3.8, 4) is 0 Å². The number of halogens is 1. The Morgan fingerprint density at radius 2 is 1.63 bits per heavy atom. The van der Waals surface area contributed by atoms with Gasteiger partial charge in [0, 0.05) is 18.7 Å². The molecule has 3 nitrogen and oxygen atoms in total. The summed E-state index contributed by atoms with van der Waals surface area (Å²) in [6.45, 7) is 2.31. The van der Waals surface area contributed by atoms with Crippen molar-refractivity contribution in [1.82, 2.24) is 0 Å². The predicted octanol–water partition coefficient (Wildman–Crippen LogP) is 4.34. The molecule has 1 aliphatic rings. The second-order valence-corrected chi connectivity index (χ2v) is 7.71. The molecule has 2 aromatic carbocycles. The molecule has 1 fully saturated rings. The van der Waals surface area contributed by atoms with E-state index in [1.54, 1.807) is 0 Å². The number of benzene rings is 2. The van der Waals surface area contributed by atoms with E-state index >= 15 is 0 Å².